The number of hydrogen-bond donors (Lipinski definition) is 0. The SMILES string of the molecule is Cc1cc(C)c(C2=C(OCc3ccccc3)C3(CCC(OC(=O)c4ccc([N+](=O)[O-])cc4)CC3)OC2=O)c(C)c1. The molecule has 1 heterocycles. The molecule has 2 aliphatic rings. The Balaban J connectivity index is 1.40. The van der Waals surface area contributed by atoms with Crippen LogP contribution in [-0.2, 0) is 25.6 Å². The molecule has 3 aromatic carbocycles. The normalized spacial score (nSPS) is 20.4. The number of hydrogen-bond acceptors (Lipinski definition) is 7. The van der Waals surface area contributed by atoms with Crippen molar-refractivity contribution in [3.05, 3.63) is 116 Å². The lowest BCUT2D eigenvalue weighted by molar-refractivity contribution is -0.384. The number of ether oxygens (including phenoxy) is 3. The third kappa shape index (κ3) is 5.34. The predicted octanol–water partition coefficient (Wildman–Crippen LogP) is 6.54. The van der Waals surface area contributed by atoms with Crippen molar-refractivity contribution < 1.29 is 28.7 Å². The lowest BCUT2D eigenvalue weighted by Gasteiger charge is -2.37. The molecule has 0 saturated heterocycles. The van der Waals surface area contributed by atoms with Crippen LogP contribution in [0.1, 0.15) is 63.9 Å². The average molecular weight is 542 g/mol. The summed E-state index contributed by atoms with van der Waals surface area (Å²) in [7, 11) is 0. The van der Waals surface area contributed by atoms with Gasteiger partial charge in [0.05, 0.1) is 10.5 Å². The van der Waals surface area contributed by atoms with Crippen LogP contribution in [0.4, 0.5) is 5.69 Å². The zero-order valence-corrected chi connectivity index (χ0v) is 22.8. The lowest BCUT2D eigenvalue weighted by atomic mass is 9.80. The summed E-state index contributed by atoms with van der Waals surface area (Å²) >= 11 is 0. The molecule has 1 spiro atoms. The van der Waals surface area contributed by atoms with E-state index < -0.39 is 22.5 Å². The molecule has 1 fully saturated rings. The Labute approximate surface area is 232 Å². The monoisotopic (exact) mass is 541 g/mol. The summed E-state index contributed by atoms with van der Waals surface area (Å²) in [5.41, 5.74) is 4.56. The van der Waals surface area contributed by atoms with Gasteiger partial charge in [-0.15, -0.1) is 0 Å². The minimum absolute atomic E-state index is 0.0936. The van der Waals surface area contributed by atoms with Crippen LogP contribution in [0.5, 0.6) is 0 Å². The molecular weight excluding hydrogens is 510 g/mol. The first-order valence-electron chi connectivity index (χ1n) is 13.4. The fourth-order valence-electron chi connectivity index (χ4n) is 5.76. The maximum absolute atomic E-state index is 13.5. The summed E-state index contributed by atoms with van der Waals surface area (Å²) in [5, 5.41) is 10.9. The topological polar surface area (TPSA) is 105 Å². The summed E-state index contributed by atoms with van der Waals surface area (Å²) in [6.45, 7) is 6.30. The molecule has 0 atom stereocenters. The highest BCUT2D eigenvalue weighted by Gasteiger charge is 2.52. The van der Waals surface area contributed by atoms with Gasteiger partial charge in [-0.25, -0.2) is 9.59 Å². The van der Waals surface area contributed by atoms with Crippen molar-refractivity contribution in [1.82, 2.24) is 0 Å². The summed E-state index contributed by atoms with van der Waals surface area (Å²) in [5.74, 6) is -0.405. The maximum Gasteiger partial charge on any atom is 0.343 e. The number of esters is 2. The Morgan fingerprint density at radius 2 is 1.62 bits per heavy atom. The van der Waals surface area contributed by atoms with Crippen LogP contribution in [0.15, 0.2) is 72.5 Å². The van der Waals surface area contributed by atoms with E-state index >= 15 is 0 Å². The summed E-state index contributed by atoms with van der Waals surface area (Å²) in [6.07, 6.45) is 1.45. The predicted molar refractivity (Wildman–Crippen MR) is 148 cm³/mol. The number of benzene rings is 3. The molecule has 206 valence electrons. The summed E-state index contributed by atoms with van der Waals surface area (Å²) in [6, 6.07) is 19.2. The second-order valence-corrected chi connectivity index (χ2v) is 10.5. The molecule has 8 heteroatoms. The van der Waals surface area contributed by atoms with Crippen LogP contribution >= 0.6 is 0 Å². The van der Waals surface area contributed by atoms with Gasteiger partial charge in [0.1, 0.15) is 18.3 Å². The molecular formula is C32H31NO7. The molecule has 0 bridgehead atoms. The van der Waals surface area contributed by atoms with E-state index in [1.54, 1.807) is 0 Å². The number of carbonyl (C=O) groups is 2. The zero-order valence-electron chi connectivity index (χ0n) is 22.8. The number of nitrogens with zero attached hydrogens (tertiary/aromatic N) is 1. The first-order chi connectivity index (χ1) is 19.2. The van der Waals surface area contributed by atoms with E-state index in [9.17, 15) is 19.7 Å². The molecule has 8 nitrogen and oxygen atoms in total. The van der Waals surface area contributed by atoms with E-state index in [1.807, 2.05) is 51.1 Å². The van der Waals surface area contributed by atoms with E-state index in [-0.39, 0.29) is 17.4 Å². The van der Waals surface area contributed by atoms with Crippen LogP contribution in [0.3, 0.4) is 0 Å². The number of nitro benzene ring substituents is 1. The number of aryl methyl sites for hydroxylation is 3. The molecule has 0 aromatic heterocycles. The third-order valence-electron chi connectivity index (χ3n) is 7.61. The fraction of sp³-hybridized carbons (Fsp3) is 0.312. The first kappa shape index (κ1) is 27.1. The van der Waals surface area contributed by atoms with Crippen molar-refractivity contribution in [2.75, 3.05) is 0 Å². The van der Waals surface area contributed by atoms with Crippen LogP contribution < -0.4 is 0 Å². The molecule has 40 heavy (non-hydrogen) atoms. The van der Waals surface area contributed by atoms with Gasteiger partial charge in [0, 0.05) is 12.1 Å². The van der Waals surface area contributed by atoms with Crippen molar-refractivity contribution in [1.29, 1.82) is 0 Å². The van der Waals surface area contributed by atoms with E-state index in [0.29, 0.717) is 43.6 Å². The largest absolute Gasteiger partial charge is 0.488 e. The minimum atomic E-state index is -0.943. The van der Waals surface area contributed by atoms with Crippen molar-refractivity contribution >= 4 is 23.2 Å². The molecule has 5 rings (SSSR count). The molecule has 0 amide bonds. The zero-order chi connectivity index (χ0) is 28.4. The van der Waals surface area contributed by atoms with Crippen molar-refractivity contribution in [2.45, 2.75) is 64.8 Å². The second kappa shape index (κ2) is 11.0. The number of carbonyl (C=O) groups excluding carboxylic acids is 2. The van der Waals surface area contributed by atoms with Gasteiger partial charge >= 0.3 is 11.9 Å². The van der Waals surface area contributed by atoms with Crippen LogP contribution in [0, 0.1) is 30.9 Å². The maximum atomic E-state index is 13.5. The molecule has 1 aliphatic carbocycles. The standard InChI is InChI=1S/C32H31NO7/c1-20-17-21(2)27(22(3)18-20)28-29(38-19-23-7-5-4-6-8-23)32(40-31(28)35)15-13-26(14-16-32)39-30(34)24-9-11-25(12-10-24)33(36)37/h4-12,17-18,26H,13-16,19H2,1-3H3. The highest BCUT2D eigenvalue weighted by Crippen LogP contribution is 2.48. The smallest absolute Gasteiger partial charge is 0.343 e. The van der Waals surface area contributed by atoms with Gasteiger partial charge in [0.25, 0.3) is 5.69 Å². The molecule has 1 aliphatic heterocycles. The minimum Gasteiger partial charge on any atom is -0.488 e. The van der Waals surface area contributed by atoms with Gasteiger partial charge in [-0.1, -0.05) is 48.0 Å². The van der Waals surface area contributed by atoms with Crippen molar-refractivity contribution in [3.63, 3.8) is 0 Å². The van der Waals surface area contributed by atoms with Gasteiger partial charge in [-0.05, 0) is 80.8 Å². The molecule has 0 radical (unpaired) electrons. The third-order valence-corrected chi connectivity index (χ3v) is 7.61. The van der Waals surface area contributed by atoms with E-state index in [4.69, 9.17) is 14.2 Å². The summed E-state index contributed by atoms with van der Waals surface area (Å²) < 4.78 is 18.3. The van der Waals surface area contributed by atoms with Gasteiger partial charge < -0.3 is 14.2 Å². The second-order valence-electron chi connectivity index (χ2n) is 10.5. The first-order valence-corrected chi connectivity index (χ1v) is 13.4. The van der Waals surface area contributed by atoms with E-state index in [0.717, 1.165) is 27.8 Å². The van der Waals surface area contributed by atoms with Gasteiger partial charge in [-0.3, -0.25) is 10.1 Å². The fourth-order valence-corrected chi connectivity index (χ4v) is 5.76. The Bertz CT molecular complexity index is 1460. The molecule has 1 saturated carbocycles. The van der Waals surface area contributed by atoms with Gasteiger partial charge in [-0.2, -0.15) is 0 Å². The molecule has 3 aromatic rings. The van der Waals surface area contributed by atoms with Crippen LogP contribution in [0.2, 0.25) is 0 Å². The van der Waals surface area contributed by atoms with Gasteiger partial charge in [0.15, 0.2) is 11.4 Å². The number of rotatable bonds is 7. The number of nitro groups is 1. The Hall–Kier alpha value is -4.46. The lowest BCUT2D eigenvalue weighted by Crippen LogP contribution is -2.40. The molecule has 0 N–H and O–H groups in total. The Morgan fingerprint density at radius 3 is 2.23 bits per heavy atom. The average Bonchev–Trinajstić information content (AvgIpc) is 3.19. The molecule has 0 unspecified atom stereocenters. The summed E-state index contributed by atoms with van der Waals surface area (Å²) in [4.78, 5) is 36.6. The van der Waals surface area contributed by atoms with E-state index in [1.165, 1.54) is 24.3 Å². The van der Waals surface area contributed by atoms with Crippen LogP contribution in [-0.4, -0.2) is 28.6 Å². The van der Waals surface area contributed by atoms with Crippen molar-refractivity contribution in [2.24, 2.45) is 0 Å². The Kier molecular flexibility index (Phi) is 7.43. The highest BCUT2D eigenvalue weighted by molar-refractivity contribution is 6.20. The van der Waals surface area contributed by atoms with E-state index in [2.05, 4.69) is 12.1 Å². The Morgan fingerprint density at radius 1 is 1.00 bits per heavy atom. The number of non-ortho nitro benzene ring substituents is 1. The van der Waals surface area contributed by atoms with Gasteiger partial charge in [0.2, 0.25) is 0 Å². The highest BCUT2D eigenvalue weighted by atomic mass is 16.6. The van der Waals surface area contributed by atoms with Crippen LogP contribution in [0.25, 0.3) is 5.57 Å². The quantitative estimate of drug-likeness (QED) is 0.190. The van der Waals surface area contributed by atoms with Crippen molar-refractivity contribution in [3.8, 4) is 0 Å².